The number of nitrogens with zero attached hydrogens (tertiary/aromatic N) is 2. The summed E-state index contributed by atoms with van der Waals surface area (Å²) in [4.78, 5) is 4.79. The first kappa shape index (κ1) is 11.2. The SMILES string of the molecule is CN1CC2(C1)CN(COCc1ccccc1)C2. The van der Waals surface area contributed by atoms with Gasteiger partial charge in [0, 0.05) is 31.6 Å². The van der Waals surface area contributed by atoms with Gasteiger partial charge in [-0.2, -0.15) is 0 Å². The van der Waals surface area contributed by atoms with Crippen LogP contribution in [-0.2, 0) is 11.3 Å². The van der Waals surface area contributed by atoms with Crippen LogP contribution in [0.3, 0.4) is 0 Å². The predicted octanol–water partition coefficient (Wildman–Crippen LogP) is 1.41. The number of benzene rings is 1. The summed E-state index contributed by atoms with van der Waals surface area (Å²) >= 11 is 0. The van der Waals surface area contributed by atoms with Gasteiger partial charge in [-0.15, -0.1) is 0 Å². The second-order valence-electron chi connectivity index (χ2n) is 5.62. The third kappa shape index (κ3) is 2.37. The second kappa shape index (κ2) is 4.41. The Morgan fingerprint density at radius 3 is 2.47 bits per heavy atom. The zero-order valence-corrected chi connectivity index (χ0v) is 10.4. The Morgan fingerprint density at radius 2 is 1.82 bits per heavy atom. The highest BCUT2D eigenvalue weighted by Crippen LogP contribution is 2.38. The molecule has 3 nitrogen and oxygen atoms in total. The Kier molecular flexibility index (Phi) is 2.90. The third-order valence-corrected chi connectivity index (χ3v) is 3.71. The minimum atomic E-state index is 0.616. The van der Waals surface area contributed by atoms with Gasteiger partial charge >= 0.3 is 0 Å². The normalized spacial score (nSPS) is 23.4. The van der Waals surface area contributed by atoms with Crippen molar-refractivity contribution in [3.05, 3.63) is 35.9 Å². The Labute approximate surface area is 103 Å². The van der Waals surface area contributed by atoms with Gasteiger partial charge in [-0.1, -0.05) is 30.3 Å². The third-order valence-electron chi connectivity index (χ3n) is 3.71. The fourth-order valence-corrected chi connectivity index (χ4v) is 3.16. The van der Waals surface area contributed by atoms with Crippen molar-refractivity contribution in [3.8, 4) is 0 Å². The summed E-state index contributed by atoms with van der Waals surface area (Å²) in [5.74, 6) is 0. The van der Waals surface area contributed by atoms with Gasteiger partial charge in [-0.25, -0.2) is 0 Å². The maximum Gasteiger partial charge on any atom is 0.0995 e. The molecule has 17 heavy (non-hydrogen) atoms. The average Bonchev–Trinajstić information content (AvgIpc) is 2.25. The van der Waals surface area contributed by atoms with Gasteiger partial charge < -0.3 is 9.64 Å². The molecule has 2 aliphatic rings. The van der Waals surface area contributed by atoms with E-state index in [9.17, 15) is 0 Å². The largest absolute Gasteiger partial charge is 0.361 e. The number of hydrogen-bond donors (Lipinski definition) is 0. The minimum Gasteiger partial charge on any atom is -0.361 e. The summed E-state index contributed by atoms with van der Waals surface area (Å²) in [6.07, 6.45) is 0. The van der Waals surface area contributed by atoms with Gasteiger partial charge in [0.1, 0.15) is 0 Å². The molecule has 0 radical (unpaired) electrons. The van der Waals surface area contributed by atoms with E-state index in [1.807, 2.05) is 6.07 Å². The second-order valence-corrected chi connectivity index (χ2v) is 5.62. The molecule has 2 fully saturated rings. The summed E-state index contributed by atoms with van der Waals surface area (Å²) in [7, 11) is 2.19. The highest BCUT2D eigenvalue weighted by molar-refractivity contribution is 5.13. The smallest absolute Gasteiger partial charge is 0.0995 e. The molecule has 0 unspecified atom stereocenters. The molecule has 3 heteroatoms. The van der Waals surface area contributed by atoms with Crippen molar-refractivity contribution in [2.75, 3.05) is 40.0 Å². The van der Waals surface area contributed by atoms with Crippen LogP contribution in [0.25, 0.3) is 0 Å². The van der Waals surface area contributed by atoms with E-state index < -0.39 is 0 Å². The van der Waals surface area contributed by atoms with E-state index in [1.54, 1.807) is 0 Å². The molecule has 1 spiro atoms. The monoisotopic (exact) mass is 232 g/mol. The Morgan fingerprint density at radius 1 is 1.12 bits per heavy atom. The van der Waals surface area contributed by atoms with Crippen molar-refractivity contribution < 1.29 is 4.74 Å². The number of rotatable bonds is 4. The van der Waals surface area contributed by atoms with E-state index in [0.717, 1.165) is 13.3 Å². The maximum absolute atomic E-state index is 5.72. The van der Waals surface area contributed by atoms with Crippen LogP contribution in [0.2, 0.25) is 0 Å². The van der Waals surface area contributed by atoms with E-state index in [1.165, 1.54) is 31.7 Å². The van der Waals surface area contributed by atoms with Crippen LogP contribution in [0.4, 0.5) is 0 Å². The average molecular weight is 232 g/mol. The van der Waals surface area contributed by atoms with Gasteiger partial charge in [0.05, 0.1) is 13.3 Å². The van der Waals surface area contributed by atoms with Crippen LogP contribution in [0.15, 0.2) is 30.3 Å². The van der Waals surface area contributed by atoms with Crippen LogP contribution in [0.1, 0.15) is 5.56 Å². The molecule has 0 aliphatic carbocycles. The standard InChI is InChI=1S/C14H20N2O/c1-15-8-14(9-15)10-16(11-14)12-17-7-13-5-3-2-4-6-13/h2-6H,7-12H2,1H3. The molecular weight excluding hydrogens is 212 g/mol. The molecule has 1 aromatic carbocycles. The van der Waals surface area contributed by atoms with Gasteiger partial charge in [0.2, 0.25) is 0 Å². The summed E-state index contributed by atoms with van der Waals surface area (Å²) < 4.78 is 5.72. The highest BCUT2D eigenvalue weighted by Gasteiger charge is 2.49. The molecule has 2 aliphatic heterocycles. The molecule has 0 atom stereocenters. The number of ether oxygens (including phenoxy) is 1. The van der Waals surface area contributed by atoms with Gasteiger partial charge in [0.25, 0.3) is 0 Å². The Hall–Kier alpha value is -0.900. The quantitative estimate of drug-likeness (QED) is 0.780. The van der Waals surface area contributed by atoms with Crippen LogP contribution in [0.5, 0.6) is 0 Å². The molecule has 0 N–H and O–H groups in total. The molecule has 0 saturated carbocycles. The van der Waals surface area contributed by atoms with Crippen LogP contribution in [0, 0.1) is 5.41 Å². The van der Waals surface area contributed by atoms with Crippen molar-refractivity contribution in [1.82, 2.24) is 9.80 Å². The van der Waals surface area contributed by atoms with E-state index in [4.69, 9.17) is 4.74 Å². The molecule has 0 aromatic heterocycles. The summed E-state index contributed by atoms with van der Waals surface area (Å²) in [5, 5.41) is 0. The van der Waals surface area contributed by atoms with Crippen molar-refractivity contribution in [2.24, 2.45) is 5.41 Å². The van der Waals surface area contributed by atoms with Gasteiger partial charge in [-0.3, -0.25) is 4.90 Å². The Balaban J connectivity index is 1.35. The topological polar surface area (TPSA) is 15.7 Å². The van der Waals surface area contributed by atoms with E-state index in [0.29, 0.717) is 5.41 Å². The highest BCUT2D eigenvalue weighted by atomic mass is 16.5. The lowest BCUT2D eigenvalue weighted by Crippen LogP contribution is -2.71. The van der Waals surface area contributed by atoms with Crippen LogP contribution >= 0.6 is 0 Å². The van der Waals surface area contributed by atoms with Crippen molar-refractivity contribution in [2.45, 2.75) is 6.61 Å². The van der Waals surface area contributed by atoms with Gasteiger partial charge in [-0.05, 0) is 12.6 Å². The first-order valence-corrected chi connectivity index (χ1v) is 6.28. The molecule has 2 saturated heterocycles. The molecular formula is C14H20N2O. The van der Waals surface area contributed by atoms with Crippen molar-refractivity contribution in [1.29, 1.82) is 0 Å². The van der Waals surface area contributed by atoms with E-state index >= 15 is 0 Å². The molecule has 0 amide bonds. The Bertz CT molecular complexity index is 365. The van der Waals surface area contributed by atoms with Gasteiger partial charge in [0.15, 0.2) is 0 Å². The fraction of sp³-hybridized carbons (Fsp3) is 0.571. The predicted molar refractivity (Wildman–Crippen MR) is 67.6 cm³/mol. The number of hydrogen-bond acceptors (Lipinski definition) is 3. The van der Waals surface area contributed by atoms with Crippen LogP contribution < -0.4 is 0 Å². The zero-order chi connectivity index (χ0) is 11.7. The van der Waals surface area contributed by atoms with Crippen molar-refractivity contribution in [3.63, 3.8) is 0 Å². The van der Waals surface area contributed by atoms with Crippen molar-refractivity contribution >= 4 is 0 Å². The summed E-state index contributed by atoms with van der Waals surface area (Å²) in [6.45, 7) is 6.47. The molecule has 2 heterocycles. The minimum absolute atomic E-state index is 0.616. The summed E-state index contributed by atoms with van der Waals surface area (Å²) in [5.41, 5.74) is 1.87. The lowest BCUT2D eigenvalue weighted by Gasteiger charge is -2.59. The number of likely N-dealkylation sites (tertiary alicyclic amines) is 2. The summed E-state index contributed by atoms with van der Waals surface area (Å²) in [6, 6.07) is 10.4. The molecule has 0 bridgehead atoms. The zero-order valence-electron chi connectivity index (χ0n) is 10.4. The van der Waals surface area contributed by atoms with E-state index in [-0.39, 0.29) is 0 Å². The van der Waals surface area contributed by atoms with Crippen LogP contribution in [-0.4, -0.2) is 49.8 Å². The first-order valence-electron chi connectivity index (χ1n) is 6.28. The molecule has 1 aromatic rings. The molecule has 3 rings (SSSR count). The fourth-order valence-electron chi connectivity index (χ4n) is 3.16. The molecule has 92 valence electrons. The first-order chi connectivity index (χ1) is 8.26. The lowest BCUT2D eigenvalue weighted by atomic mass is 9.73. The van der Waals surface area contributed by atoms with E-state index in [2.05, 4.69) is 41.1 Å². The lowest BCUT2D eigenvalue weighted by molar-refractivity contribution is -0.143. The maximum atomic E-state index is 5.72.